The van der Waals surface area contributed by atoms with Crippen LogP contribution in [0.1, 0.15) is 84.0 Å². The van der Waals surface area contributed by atoms with E-state index in [0.717, 1.165) is 25.7 Å². The summed E-state index contributed by atoms with van der Waals surface area (Å²) in [6.45, 7) is 1.74. The van der Waals surface area contributed by atoms with Gasteiger partial charge >= 0.3 is 5.97 Å². The highest BCUT2D eigenvalue weighted by molar-refractivity contribution is 5.69. The molecule has 4 nitrogen and oxygen atoms in total. The maximum absolute atomic E-state index is 11.4. The fourth-order valence-corrected chi connectivity index (χ4v) is 2.41. The SMILES string of the molecule is CCCCCC/C=C/C=C/CCCCCCCC(=O)OCC(O)CO. The largest absolute Gasteiger partial charge is 0.463 e. The summed E-state index contributed by atoms with van der Waals surface area (Å²) in [5.41, 5.74) is 0. The molecule has 0 rings (SSSR count). The minimum atomic E-state index is -0.965. The normalized spacial score (nSPS) is 12.9. The van der Waals surface area contributed by atoms with Crippen molar-refractivity contribution in [3.8, 4) is 0 Å². The van der Waals surface area contributed by atoms with E-state index in [1.54, 1.807) is 0 Å². The number of unbranched alkanes of at least 4 members (excludes halogenated alkanes) is 9. The topological polar surface area (TPSA) is 66.8 Å². The minimum Gasteiger partial charge on any atom is -0.463 e. The van der Waals surface area contributed by atoms with Gasteiger partial charge in [0.25, 0.3) is 0 Å². The van der Waals surface area contributed by atoms with Crippen molar-refractivity contribution in [2.24, 2.45) is 0 Å². The Morgan fingerprint density at radius 2 is 1.48 bits per heavy atom. The molecule has 0 fully saturated rings. The van der Waals surface area contributed by atoms with Crippen LogP contribution in [0.5, 0.6) is 0 Å². The van der Waals surface area contributed by atoms with Crippen LogP contribution in [0, 0.1) is 0 Å². The van der Waals surface area contributed by atoms with E-state index in [1.807, 2.05) is 0 Å². The van der Waals surface area contributed by atoms with Gasteiger partial charge in [-0.25, -0.2) is 0 Å². The first-order chi connectivity index (χ1) is 12.2. The molecule has 0 aliphatic heterocycles. The predicted octanol–water partition coefficient (Wildman–Crippen LogP) is 4.70. The summed E-state index contributed by atoms with van der Waals surface area (Å²) in [5.74, 6) is -0.295. The van der Waals surface area contributed by atoms with Crippen LogP contribution in [0.25, 0.3) is 0 Å². The number of aliphatic hydroxyl groups excluding tert-OH is 2. The van der Waals surface area contributed by atoms with Crippen molar-refractivity contribution in [3.63, 3.8) is 0 Å². The second-order valence-electron chi connectivity index (χ2n) is 6.53. The molecule has 0 amide bonds. The van der Waals surface area contributed by atoms with Crippen LogP contribution >= 0.6 is 0 Å². The Hall–Kier alpha value is -1.13. The van der Waals surface area contributed by atoms with Crippen molar-refractivity contribution in [2.75, 3.05) is 13.2 Å². The van der Waals surface area contributed by atoms with Crippen molar-refractivity contribution in [2.45, 2.75) is 90.1 Å². The first-order valence-corrected chi connectivity index (χ1v) is 9.97. The lowest BCUT2D eigenvalue weighted by atomic mass is 10.1. The lowest BCUT2D eigenvalue weighted by Gasteiger charge is -2.08. The molecule has 0 aromatic rings. The molecule has 2 N–H and O–H groups in total. The molecule has 0 saturated carbocycles. The summed E-state index contributed by atoms with van der Waals surface area (Å²) in [6.07, 6.45) is 21.1. The Morgan fingerprint density at radius 1 is 0.920 bits per heavy atom. The number of carbonyl (C=O) groups is 1. The van der Waals surface area contributed by atoms with Crippen LogP contribution in [-0.2, 0) is 9.53 Å². The number of carbonyl (C=O) groups excluding carboxylic acids is 1. The van der Waals surface area contributed by atoms with Crippen LogP contribution in [-0.4, -0.2) is 35.5 Å². The fourth-order valence-electron chi connectivity index (χ4n) is 2.41. The van der Waals surface area contributed by atoms with E-state index in [0.29, 0.717) is 6.42 Å². The van der Waals surface area contributed by atoms with Gasteiger partial charge in [-0.3, -0.25) is 4.79 Å². The molecule has 0 bridgehead atoms. The number of ether oxygens (including phenoxy) is 1. The van der Waals surface area contributed by atoms with Gasteiger partial charge in [-0.2, -0.15) is 0 Å². The van der Waals surface area contributed by atoms with E-state index in [4.69, 9.17) is 14.9 Å². The number of rotatable bonds is 17. The van der Waals surface area contributed by atoms with Gasteiger partial charge in [0.15, 0.2) is 0 Å². The number of esters is 1. The summed E-state index contributed by atoms with van der Waals surface area (Å²) in [6, 6.07) is 0. The molecule has 0 aliphatic rings. The van der Waals surface area contributed by atoms with E-state index in [1.165, 1.54) is 44.9 Å². The minimum absolute atomic E-state index is 0.116. The Labute approximate surface area is 154 Å². The molecule has 0 radical (unpaired) electrons. The van der Waals surface area contributed by atoms with Gasteiger partial charge in [0, 0.05) is 6.42 Å². The van der Waals surface area contributed by atoms with Gasteiger partial charge in [0.05, 0.1) is 6.61 Å². The van der Waals surface area contributed by atoms with E-state index < -0.39 is 6.10 Å². The number of hydrogen-bond donors (Lipinski definition) is 2. The average molecular weight is 355 g/mol. The zero-order valence-electron chi connectivity index (χ0n) is 16.0. The Morgan fingerprint density at radius 3 is 2.08 bits per heavy atom. The van der Waals surface area contributed by atoms with E-state index in [-0.39, 0.29) is 19.2 Å². The molecular weight excluding hydrogens is 316 g/mol. The van der Waals surface area contributed by atoms with Gasteiger partial charge in [-0.1, -0.05) is 69.8 Å². The number of hydrogen-bond acceptors (Lipinski definition) is 4. The van der Waals surface area contributed by atoms with E-state index in [9.17, 15) is 4.79 Å². The Bertz CT molecular complexity index is 350. The molecule has 25 heavy (non-hydrogen) atoms. The van der Waals surface area contributed by atoms with Crippen molar-refractivity contribution in [3.05, 3.63) is 24.3 Å². The lowest BCUT2D eigenvalue weighted by Crippen LogP contribution is -2.21. The molecule has 4 heteroatoms. The van der Waals surface area contributed by atoms with Gasteiger partial charge in [-0.15, -0.1) is 0 Å². The number of allylic oxidation sites excluding steroid dienone is 4. The highest BCUT2D eigenvalue weighted by atomic mass is 16.5. The highest BCUT2D eigenvalue weighted by Crippen LogP contribution is 2.08. The second-order valence-corrected chi connectivity index (χ2v) is 6.53. The zero-order chi connectivity index (χ0) is 18.6. The lowest BCUT2D eigenvalue weighted by molar-refractivity contribution is -0.147. The standard InChI is InChI=1S/C21H38O4/c1-2-3-4-5-6-7-8-9-10-11-12-13-14-15-16-17-21(24)25-19-20(23)18-22/h7-10,20,22-23H,2-6,11-19H2,1H3/b8-7+,10-9+. The van der Waals surface area contributed by atoms with Crippen LogP contribution < -0.4 is 0 Å². The Balaban J connectivity index is 3.31. The molecule has 0 heterocycles. The first kappa shape index (κ1) is 23.9. The third-order valence-electron chi connectivity index (χ3n) is 4.01. The maximum atomic E-state index is 11.4. The fraction of sp³-hybridized carbons (Fsp3) is 0.762. The van der Waals surface area contributed by atoms with Gasteiger partial charge in [0.1, 0.15) is 12.7 Å². The van der Waals surface area contributed by atoms with Crippen LogP contribution in [0.3, 0.4) is 0 Å². The molecule has 0 spiro atoms. The molecule has 0 aromatic carbocycles. The van der Waals surface area contributed by atoms with Crippen LogP contribution in [0.4, 0.5) is 0 Å². The van der Waals surface area contributed by atoms with Crippen molar-refractivity contribution < 1.29 is 19.7 Å². The molecular formula is C21H38O4. The summed E-state index contributed by atoms with van der Waals surface area (Å²) in [4.78, 5) is 11.4. The Kier molecular flexibility index (Phi) is 18.3. The van der Waals surface area contributed by atoms with Crippen LogP contribution in [0.15, 0.2) is 24.3 Å². The van der Waals surface area contributed by atoms with Crippen LogP contribution in [0.2, 0.25) is 0 Å². The summed E-state index contributed by atoms with van der Waals surface area (Å²) >= 11 is 0. The zero-order valence-corrected chi connectivity index (χ0v) is 16.0. The quantitative estimate of drug-likeness (QED) is 0.226. The molecule has 0 aromatic heterocycles. The second kappa shape index (κ2) is 19.2. The maximum Gasteiger partial charge on any atom is 0.305 e. The summed E-state index contributed by atoms with van der Waals surface area (Å²) < 4.78 is 4.85. The molecule has 146 valence electrons. The third kappa shape index (κ3) is 19.0. The molecule has 1 atom stereocenters. The smallest absolute Gasteiger partial charge is 0.305 e. The molecule has 0 saturated heterocycles. The van der Waals surface area contributed by atoms with Crippen molar-refractivity contribution in [1.29, 1.82) is 0 Å². The third-order valence-corrected chi connectivity index (χ3v) is 4.01. The predicted molar refractivity (Wildman–Crippen MR) is 103 cm³/mol. The van der Waals surface area contributed by atoms with Crippen molar-refractivity contribution >= 4 is 5.97 Å². The van der Waals surface area contributed by atoms with E-state index in [2.05, 4.69) is 31.2 Å². The summed E-state index contributed by atoms with van der Waals surface area (Å²) in [7, 11) is 0. The van der Waals surface area contributed by atoms with Gasteiger partial charge in [0.2, 0.25) is 0 Å². The number of aliphatic hydroxyl groups is 2. The van der Waals surface area contributed by atoms with Gasteiger partial charge < -0.3 is 14.9 Å². The molecule has 1 unspecified atom stereocenters. The van der Waals surface area contributed by atoms with Crippen molar-refractivity contribution in [1.82, 2.24) is 0 Å². The first-order valence-electron chi connectivity index (χ1n) is 9.97. The monoisotopic (exact) mass is 354 g/mol. The average Bonchev–Trinajstić information content (AvgIpc) is 2.62. The molecule has 0 aliphatic carbocycles. The highest BCUT2D eigenvalue weighted by Gasteiger charge is 2.07. The van der Waals surface area contributed by atoms with Gasteiger partial charge in [-0.05, 0) is 32.1 Å². The summed E-state index contributed by atoms with van der Waals surface area (Å²) in [5, 5.41) is 17.7. The van der Waals surface area contributed by atoms with E-state index >= 15 is 0 Å².